The van der Waals surface area contributed by atoms with Crippen LogP contribution in [-0.4, -0.2) is 11.6 Å². The van der Waals surface area contributed by atoms with E-state index >= 15 is 0 Å². The van der Waals surface area contributed by atoms with Crippen molar-refractivity contribution in [3.8, 4) is 0 Å². The van der Waals surface area contributed by atoms with Crippen molar-refractivity contribution in [2.75, 3.05) is 0 Å². The maximum atomic E-state index is 3.71. The van der Waals surface area contributed by atoms with Crippen LogP contribution in [0.2, 0.25) is 0 Å². The van der Waals surface area contributed by atoms with Crippen molar-refractivity contribution in [2.45, 2.75) is 13.8 Å². The Hall–Kier alpha value is 1.45. The summed E-state index contributed by atoms with van der Waals surface area (Å²) in [5.41, 5.74) is 2.70. The minimum atomic E-state index is -2.20. The summed E-state index contributed by atoms with van der Waals surface area (Å²) in [5, 5.41) is 0. The van der Waals surface area contributed by atoms with Crippen LogP contribution in [0.5, 0.6) is 0 Å². The predicted octanol–water partition coefficient (Wildman–Crippen LogP) is 3.63. The summed E-state index contributed by atoms with van der Waals surface area (Å²) < 4.78 is 1.43. The van der Waals surface area contributed by atoms with Crippen molar-refractivity contribution in [3.05, 3.63) is 29.3 Å². The van der Waals surface area contributed by atoms with Gasteiger partial charge in [0.05, 0.1) is 0 Å². The van der Waals surface area contributed by atoms with Gasteiger partial charge >= 0.3 is 96.6 Å². The molecule has 1 rings (SSSR count). The Morgan fingerprint density at radius 2 is 1.42 bits per heavy atom. The second-order valence-electron chi connectivity index (χ2n) is 2.63. The van der Waals surface area contributed by atoms with Gasteiger partial charge in [-0.05, 0) is 0 Å². The standard InChI is InChI=1S/C8H9Br3Te/c1-6-4-3-5-7(2)8(6)12(9,10)11/h3-5H,1-2H3. The van der Waals surface area contributed by atoms with Gasteiger partial charge in [-0.1, -0.05) is 0 Å². The van der Waals surface area contributed by atoms with Crippen LogP contribution in [0.15, 0.2) is 18.2 Å². The molecule has 0 fully saturated rings. The molecule has 0 spiro atoms. The van der Waals surface area contributed by atoms with E-state index in [0.29, 0.717) is 0 Å². The summed E-state index contributed by atoms with van der Waals surface area (Å²) in [6, 6.07) is 6.38. The number of benzene rings is 1. The molecule has 0 aliphatic rings. The Morgan fingerprint density at radius 1 is 1.00 bits per heavy atom. The molecular formula is C8H9Br3Te. The first-order valence-corrected chi connectivity index (χ1v) is 20.2. The Morgan fingerprint density at radius 3 is 1.67 bits per heavy atom. The molecule has 1 aromatic carbocycles. The molecule has 0 aliphatic carbocycles. The maximum absolute atomic E-state index is 3.71. The molecule has 0 nitrogen and oxygen atoms in total. The fourth-order valence-corrected chi connectivity index (χ4v) is 13.9. The van der Waals surface area contributed by atoms with Gasteiger partial charge in [0.15, 0.2) is 0 Å². The molecule has 1 aromatic rings. The Bertz CT molecular complexity index is 271. The van der Waals surface area contributed by atoms with E-state index in [2.05, 4.69) is 70.3 Å². The molecule has 0 bridgehead atoms. The van der Waals surface area contributed by atoms with Crippen LogP contribution >= 0.6 is 38.3 Å². The first kappa shape index (κ1) is 11.5. The van der Waals surface area contributed by atoms with E-state index in [4.69, 9.17) is 0 Å². The molecule has 0 atom stereocenters. The average molecular weight is 472 g/mol. The Labute approximate surface area is 95.3 Å². The number of hydrogen-bond donors (Lipinski definition) is 0. The number of halogens is 3. The van der Waals surface area contributed by atoms with Crippen molar-refractivity contribution in [2.24, 2.45) is 0 Å². The van der Waals surface area contributed by atoms with E-state index in [1.807, 2.05) is 0 Å². The summed E-state index contributed by atoms with van der Waals surface area (Å²) in [7, 11) is 0. The first-order chi connectivity index (χ1) is 5.43. The van der Waals surface area contributed by atoms with Crippen molar-refractivity contribution in [3.63, 3.8) is 0 Å². The molecule has 0 saturated heterocycles. The third-order valence-electron chi connectivity index (χ3n) is 1.64. The average Bonchev–Trinajstić information content (AvgIpc) is 1.82. The quantitative estimate of drug-likeness (QED) is 0.548. The van der Waals surface area contributed by atoms with Crippen LogP contribution in [0, 0.1) is 13.8 Å². The van der Waals surface area contributed by atoms with Gasteiger partial charge in [0.2, 0.25) is 0 Å². The number of hydrogen-bond acceptors (Lipinski definition) is 0. The third-order valence-corrected chi connectivity index (χ3v) is 11.3. The summed E-state index contributed by atoms with van der Waals surface area (Å²) in [5.74, 6) is 0. The molecular weight excluding hydrogens is 463 g/mol. The van der Waals surface area contributed by atoms with Gasteiger partial charge in [0.1, 0.15) is 0 Å². The number of aryl methyl sites for hydroxylation is 2. The zero-order valence-corrected chi connectivity index (χ0v) is 13.9. The van der Waals surface area contributed by atoms with Gasteiger partial charge in [-0.3, -0.25) is 0 Å². The topological polar surface area (TPSA) is 0 Å². The van der Waals surface area contributed by atoms with E-state index in [-0.39, 0.29) is 0 Å². The van der Waals surface area contributed by atoms with Gasteiger partial charge in [0, 0.05) is 0 Å². The Kier molecular flexibility index (Phi) is 4.14. The van der Waals surface area contributed by atoms with Crippen LogP contribution in [0.4, 0.5) is 0 Å². The molecule has 0 aromatic heterocycles. The van der Waals surface area contributed by atoms with E-state index in [0.717, 1.165) is 0 Å². The molecule has 68 valence electrons. The van der Waals surface area contributed by atoms with E-state index in [1.54, 1.807) is 0 Å². The predicted molar refractivity (Wildman–Crippen MR) is 68.1 cm³/mol. The van der Waals surface area contributed by atoms with E-state index in [1.165, 1.54) is 14.7 Å². The second kappa shape index (κ2) is 4.31. The molecule has 0 saturated carbocycles. The van der Waals surface area contributed by atoms with E-state index < -0.39 is 11.6 Å². The summed E-state index contributed by atoms with van der Waals surface area (Å²) >= 11 is 8.94. The molecule has 0 aliphatic heterocycles. The minimum absolute atomic E-state index is 1.35. The first-order valence-electron chi connectivity index (χ1n) is 3.41. The summed E-state index contributed by atoms with van der Waals surface area (Å²) in [6.07, 6.45) is 0. The fourth-order valence-electron chi connectivity index (χ4n) is 1.16. The van der Waals surface area contributed by atoms with Crippen LogP contribution in [-0.2, 0) is 0 Å². The summed E-state index contributed by atoms with van der Waals surface area (Å²) in [4.78, 5) is 0. The van der Waals surface area contributed by atoms with Crippen LogP contribution in [0.25, 0.3) is 0 Å². The van der Waals surface area contributed by atoms with Gasteiger partial charge in [-0.2, -0.15) is 0 Å². The third kappa shape index (κ3) is 2.72. The molecule has 12 heavy (non-hydrogen) atoms. The van der Waals surface area contributed by atoms with Crippen LogP contribution in [0.3, 0.4) is 0 Å². The van der Waals surface area contributed by atoms with Crippen LogP contribution in [0.1, 0.15) is 11.1 Å². The molecule has 0 heterocycles. The molecule has 0 unspecified atom stereocenters. The van der Waals surface area contributed by atoms with Gasteiger partial charge in [-0.15, -0.1) is 0 Å². The zero-order chi connectivity index (χ0) is 9.35. The fraction of sp³-hybridized carbons (Fsp3) is 0.250. The molecule has 0 amide bonds. The molecule has 0 N–H and O–H groups in total. The second-order valence-corrected chi connectivity index (χ2v) is 43.1. The van der Waals surface area contributed by atoms with Crippen LogP contribution < -0.4 is 3.61 Å². The van der Waals surface area contributed by atoms with Crippen molar-refractivity contribution in [1.82, 2.24) is 0 Å². The molecule has 4 heteroatoms. The number of rotatable bonds is 1. The Balaban J connectivity index is 3.31. The van der Waals surface area contributed by atoms with Crippen molar-refractivity contribution in [1.29, 1.82) is 0 Å². The van der Waals surface area contributed by atoms with Crippen molar-refractivity contribution >= 4 is 53.4 Å². The normalized spacial score (nSPS) is 13.1. The SMILES string of the molecule is Cc1cccc(C)c1[Te](Br)(Br)Br. The van der Waals surface area contributed by atoms with E-state index in [9.17, 15) is 0 Å². The zero-order valence-electron chi connectivity index (χ0n) is 6.77. The monoisotopic (exact) mass is 472 g/mol. The van der Waals surface area contributed by atoms with Gasteiger partial charge in [0.25, 0.3) is 0 Å². The molecule has 0 radical (unpaired) electrons. The van der Waals surface area contributed by atoms with Gasteiger partial charge in [-0.25, -0.2) is 0 Å². The summed E-state index contributed by atoms with van der Waals surface area (Å²) in [6.45, 7) is 4.29. The van der Waals surface area contributed by atoms with Gasteiger partial charge < -0.3 is 0 Å². The van der Waals surface area contributed by atoms with Crippen molar-refractivity contribution < 1.29 is 0 Å².